The number of nitrogens with one attached hydrogen (secondary N) is 1. The second kappa shape index (κ2) is 9.21. The first-order valence-corrected chi connectivity index (χ1v) is 9.09. The Labute approximate surface area is 158 Å². The van der Waals surface area contributed by atoms with Gasteiger partial charge >= 0.3 is 0 Å². The molecule has 1 saturated heterocycles. The highest BCUT2D eigenvalue weighted by molar-refractivity contribution is 6.32. The average molecular weight is 380 g/mol. The quantitative estimate of drug-likeness (QED) is 0.740. The minimum atomic E-state index is -0.274. The van der Waals surface area contributed by atoms with Crippen molar-refractivity contribution in [1.29, 1.82) is 0 Å². The third-order valence-corrected chi connectivity index (χ3v) is 4.59. The van der Waals surface area contributed by atoms with Gasteiger partial charge in [-0.05, 0) is 48.2 Å². The number of halogens is 2. The maximum absolute atomic E-state index is 13.0. The second-order valence-corrected chi connectivity index (χ2v) is 6.70. The molecule has 0 spiro atoms. The lowest BCUT2D eigenvalue weighted by Crippen LogP contribution is -2.25. The van der Waals surface area contributed by atoms with Crippen LogP contribution in [-0.2, 0) is 17.9 Å². The van der Waals surface area contributed by atoms with Crippen molar-refractivity contribution in [3.63, 3.8) is 0 Å². The molecular weight excluding hydrogens is 357 g/mol. The molecular formula is C20H23ClFNO3. The van der Waals surface area contributed by atoms with Gasteiger partial charge in [0.05, 0.1) is 18.2 Å². The number of hydrogen-bond donors (Lipinski definition) is 1. The van der Waals surface area contributed by atoms with Crippen LogP contribution in [0.1, 0.15) is 24.0 Å². The average Bonchev–Trinajstić information content (AvgIpc) is 3.15. The minimum Gasteiger partial charge on any atom is -0.493 e. The standard InChI is InChI=1S/C20H23ClFNO3/c1-24-19-10-15(11-23-12-17-3-2-8-25-17)9-18(21)20(19)26-13-14-4-6-16(22)7-5-14/h4-7,9-10,17,23H,2-3,8,11-13H2,1H3/t17-/m1/s1. The first kappa shape index (κ1) is 19.0. The molecule has 2 aromatic carbocycles. The van der Waals surface area contributed by atoms with Crippen LogP contribution in [0.15, 0.2) is 36.4 Å². The molecule has 140 valence electrons. The van der Waals surface area contributed by atoms with Crippen LogP contribution >= 0.6 is 11.6 Å². The third-order valence-electron chi connectivity index (χ3n) is 4.31. The van der Waals surface area contributed by atoms with Crippen molar-refractivity contribution < 1.29 is 18.6 Å². The second-order valence-electron chi connectivity index (χ2n) is 6.29. The lowest BCUT2D eigenvalue weighted by molar-refractivity contribution is 0.110. The molecule has 1 aliphatic rings. The molecule has 0 bridgehead atoms. The monoisotopic (exact) mass is 379 g/mol. The third kappa shape index (κ3) is 5.10. The van der Waals surface area contributed by atoms with Crippen LogP contribution < -0.4 is 14.8 Å². The Kier molecular flexibility index (Phi) is 6.72. The maximum atomic E-state index is 13.0. The van der Waals surface area contributed by atoms with Gasteiger partial charge in [-0.3, -0.25) is 0 Å². The van der Waals surface area contributed by atoms with Gasteiger partial charge in [0, 0.05) is 19.7 Å². The SMILES string of the molecule is COc1cc(CNC[C@H]2CCCO2)cc(Cl)c1OCc1ccc(F)cc1. The van der Waals surface area contributed by atoms with Gasteiger partial charge in [-0.25, -0.2) is 4.39 Å². The molecule has 1 N–H and O–H groups in total. The normalized spacial score (nSPS) is 16.7. The first-order valence-electron chi connectivity index (χ1n) is 8.71. The van der Waals surface area contributed by atoms with Crippen LogP contribution in [0.25, 0.3) is 0 Å². The summed E-state index contributed by atoms with van der Waals surface area (Å²) in [6.07, 6.45) is 2.53. The molecule has 1 atom stereocenters. The fourth-order valence-electron chi connectivity index (χ4n) is 2.93. The van der Waals surface area contributed by atoms with Crippen molar-refractivity contribution in [3.05, 3.63) is 58.4 Å². The predicted molar refractivity (Wildman–Crippen MR) is 99.4 cm³/mol. The van der Waals surface area contributed by atoms with Crippen molar-refractivity contribution in [3.8, 4) is 11.5 Å². The number of ether oxygens (including phenoxy) is 3. The van der Waals surface area contributed by atoms with Crippen LogP contribution in [-0.4, -0.2) is 26.4 Å². The van der Waals surface area contributed by atoms with Gasteiger partial charge in [-0.15, -0.1) is 0 Å². The van der Waals surface area contributed by atoms with Crippen molar-refractivity contribution in [1.82, 2.24) is 5.32 Å². The van der Waals surface area contributed by atoms with Gasteiger partial charge in [-0.2, -0.15) is 0 Å². The summed E-state index contributed by atoms with van der Waals surface area (Å²) in [4.78, 5) is 0. The Morgan fingerprint density at radius 2 is 2.04 bits per heavy atom. The molecule has 6 heteroatoms. The van der Waals surface area contributed by atoms with Crippen molar-refractivity contribution in [2.75, 3.05) is 20.3 Å². The summed E-state index contributed by atoms with van der Waals surface area (Å²) in [6, 6.07) is 9.94. The van der Waals surface area contributed by atoms with E-state index in [4.69, 9.17) is 25.8 Å². The predicted octanol–water partition coefficient (Wildman–Crippen LogP) is 4.34. The highest BCUT2D eigenvalue weighted by Gasteiger charge is 2.16. The molecule has 0 saturated carbocycles. The van der Waals surface area contributed by atoms with Gasteiger partial charge in [0.25, 0.3) is 0 Å². The molecule has 26 heavy (non-hydrogen) atoms. The number of benzene rings is 2. The van der Waals surface area contributed by atoms with E-state index in [2.05, 4.69) is 5.32 Å². The molecule has 0 aromatic heterocycles. The zero-order chi connectivity index (χ0) is 18.4. The Hall–Kier alpha value is -1.82. The molecule has 2 aromatic rings. The van der Waals surface area contributed by atoms with E-state index in [1.807, 2.05) is 12.1 Å². The summed E-state index contributed by atoms with van der Waals surface area (Å²) in [6.45, 7) is 2.63. The Morgan fingerprint density at radius 1 is 1.23 bits per heavy atom. The number of methoxy groups -OCH3 is 1. The van der Waals surface area contributed by atoms with Gasteiger partial charge in [0.1, 0.15) is 12.4 Å². The minimum absolute atomic E-state index is 0.274. The van der Waals surface area contributed by atoms with Gasteiger partial charge < -0.3 is 19.5 Å². The van der Waals surface area contributed by atoms with E-state index in [0.29, 0.717) is 29.2 Å². The summed E-state index contributed by atoms with van der Waals surface area (Å²) in [5.41, 5.74) is 1.87. The fraction of sp³-hybridized carbons (Fsp3) is 0.400. The van der Waals surface area contributed by atoms with Crippen LogP contribution in [0.3, 0.4) is 0 Å². The lowest BCUT2D eigenvalue weighted by atomic mass is 10.2. The topological polar surface area (TPSA) is 39.7 Å². The van der Waals surface area contributed by atoms with Gasteiger partial charge in [-0.1, -0.05) is 23.7 Å². The van der Waals surface area contributed by atoms with E-state index in [1.54, 1.807) is 19.2 Å². The first-order chi connectivity index (χ1) is 12.7. The molecule has 1 aliphatic heterocycles. The maximum Gasteiger partial charge on any atom is 0.180 e. The summed E-state index contributed by atoms with van der Waals surface area (Å²) in [7, 11) is 1.58. The van der Waals surface area contributed by atoms with Crippen LogP contribution in [0, 0.1) is 5.82 Å². The van der Waals surface area contributed by atoms with Gasteiger partial charge in [0.15, 0.2) is 11.5 Å². The van der Waals surface area contributed by atoms with Crippen molar-refractivity contribution in [2.45, 2.75) is 32.1 Å². The molecule has 0 aliphatic carbocycles. The lowest BCUT2D eigenvalue weighted by Gasteiger charge is -2.15. The van der Waals surface area contributed by atoms with E-state index < -0.39 is 0 Å². The summed E-state index contributed by atoms with van der Waals surface area (Å²) >= 11 is 6.39. The molecule has 0 amide bonds. The van der Waals surface area contributed by atoms with Crippen molar-refractivity contribution >= 4 is 11.6 Å². The van der Waals surface area contributed by atoms with Crippen LogP contribution in [0.2, 0.25) is 5.02 Å². The summed E-state index contributed by atoms with van der Waals surface area (Å²) < 4.78 is 29.8. The van der Waals surface area contributed by atoms with E-state index in [1.165, 1.54) is 12.1 Å². The number of hydrogen-bond acceptors (Lipinski definition) is 4. The summed E-state index contributed by atoms with van der Waals surface area (Å²) in [5.74, 6) is 0.791. The smallest absolute Gasteiger partial charge is 0.180 e. The Balaban J connectivity index is 1.61. The Bertz CT molecular complexity index is 718. The van der Waals surface area contributed by atoms with E-state index in [9.17, 15) is 4.39 Å². The van der Waals surface area contributed by atoms with Crippen LogP contribution in [0.5, 0.6) is 11.5 Å². The zero-order valence-electron chi connectivity index (χ0n) is 14.8. The molecule has 0 radical (unpaired) electrons. The molecule has 1 fully saturated rings. The highest BCUT2D eigenvalue weighted by Crippen LogP contribution is 2.37. The van der Waals surface area contributed by atoms with Crippen molar-refractivity contribution in [2.24, 2.45) is 0 Å². The fourth-order valence-corrected chi connectivity index (χ4v) is 3.22. The molecule has 4 nitrogen and oxygen atoms in total. The van der Waals surface area contributed by atoms with E-state index in [0.717, 1.165) is 37.1 Å². The van der Waals surface area contributed by atoms with E-state index in [-0.39, 0.29) is 12.4 Å². The molecule has 1 heterocycles. The van der Waals surface area contributed by atoms with Gasteiger partial charge in [0.2, 0.25) is 0 Å². The number of rotatable bonds is 8. The zero-order valence-corrected chi connectivity index (χ0v) is 15.5. The molecule has 0 unspecified atom stereocenters. The Morgan fingerprint density at radius 3 is 2.73 bits per heavy atom. The largest absolute Gasteiger partial charge is 0.493 e. The van der Waals surface area contributed by atoms with Crippen LogP contribution in [0.4, 0.5) is 4.39 Å². The van der Waals surface area contributed by atoms with E-state index >= 15 is 0 Å². The highest BCUT2D eigenvalue weighted by atomic mass is 35.5. The summed E-state index contributed by atoms with van der Waals surface area (Å²) in [5, 5.41) is 3.88. The molecule has 3 rings (SSSR count).